The number of carbonyl (C=O) groups is 2. The van der Waals surface area contributed by atoms with Gasteiger partial charge in [0.25, 0.3) is 0 Å². The number of ketones is 1. The molecule has 0 aliphatic heterocycles. The summed E-state index contributed by atoms with van der Waals surface area (Å²) in [4.78, 5) is 22.0. The van der Waals surface area contributed by atoms with Crippen LogP contribution in [0.4, 0.5) is 0 Å². The van der Waals surface area contributed by atoms with Crippen molar-refractivity contribution in [2.75, 3.05) is 6.61 Å². The van der Waals surface area contributed by atoms with Crippen molar-refractivity contribution in [3.63, 3.8) is 0 Å². The van der Waals surface area contributed by atoms with Gasteiger partial charge in [0.15, 0.2) is 5.78 Å². The maximum Gasteiger partial charge on any atom is 0.306 e. The molecule has 0 heterocycles. The quantitative estimate of drug-likeness (QED) is 0.465. The molecule has 0 atom stereocenters. The molecule has 3 heteroatoms. The molecule has 0 bridgehead atoms. The van der Waals surface area contributed by atoms with Crippen LogP contribution in [0.1, 0.15) is 39.5 Å². The highest BCUT2D eigenvalue weighted by Gasteiger charge is 2.04. The molecule has 0 unspecified atom stereocenters. The molecule has 3 nitrogen and oxygen atoms in total. The standard InChI is InChI=1S/C11H18O3/c1-3-5-6-7-10(12)8-9-11(13)14-4-2/h6-7H,3-5,8-9H2,1-2H3. The monoisotopic (exact) mass is 198 g/mol. The fourth-order valence-electron chi connectivity index (χ4n) is 0.923. The summed E-state index contributed by atoms with van der Waals surface area (Å²) in [5.74, 6) is -0.309. The van der Waals surface area contributed by atoms with E-state index in [0.717, 1.165) is 12.8 Å². The normalized spacial score (nSPS) is 10.4. The summed E-state index contributed by atoms with van der Waals surface area (Å²) >= 11 is 0. The van der Waals surface area contributed by atoms with Gasteiger partial charge in [0.1, 0.15) is 0 Å². The molecule has 0 aromatic heterocycles. The van der Waals surface area contributed by atoms with Crippen molar-refractivity contribution >= 4 is 11.8 Å². The first-order valence-corrected chi connectivity index (χ1v) is 5.05. The predicted molar refractivity (Wildman–Crippen MR) is 54.9 cm³/mol. The lowest BCUT2D eigenvalue weighted by Gasteiger charge is -1.98. The van der Waals surface area contributed by atoms with E-state index >= 15 is 0 Å². The maximum absolute atomic E-state index is 11.1. The molecule has 0 spiro atoms. The van der Waals surface area contributed by atoms with Crippen molar-refractivity contribution in [2.45, 2.75) is 39.5 Å². The van der Waals surface area contributed by atoms with Crippen molar-refractivity contribution in [2.24, 2.45) is 0 Å². The number of unbranched alkanes of at least 4 members (excludes halogenated alkanes) is 1. The Kier molecular flexibility index (Phi) is 7.80. The van der Waals surface area contributed by atoms with Gasteiger partial charge in [-0.05, 0) is 19.4 Å². The molecule has 0 aromatic rings. The van der Waals surface area contributed by atoms with Crippen LogP contribution in [0, 0.1) is 0 Å². The van der Waals surface area contributed by atoms with E-state index in [9.17, 15) is 9.59 Å². The number of hydrogen-bond acceptors (Lipinski definition) is 3. The molecule has 0 N–H and O–H groups in total. The first-order chi connectivity index (χ1) is 6.70. The Morgan fingerprint density at radius 1 is 1.21 bits per heavy atom. The highest BCUT2D eigenvalue weighted by Crippen LogP contribution is 1.97. The molecule has 0 saturated heterocycles. The summed E-state index contributed by atoms with van der Waals surface area (Å²) in [6.07, 6.45) is 5.76. The number of carbonyl (C=O) groups excluding carboxylic acids is 2. The molecule has 0 fully saturated rings. The minimum atomic E-state index is -0.301. The maximum atomic E-state index is 11.1. The van der Waals surface area contributed by atoms with Crippen LogP contribution in [0.2, 0.25) is 0 Å². The summed E-state index contributed by atoms with van der Waals surface area (Å²) in [6.45, 7) is 4.17. The molecule has 0 amide bonds. The van der Waals surface area contributed by atoms with Crippen LogP contribution in [0.25, 0.3) is 0 Å². The Morgan fingerprint density at radius 2 is 1.93 bits per heavy atom. The minimum absolute atomic E-state index is 0.00787. The SMILES string of the molecule is CCCC=CC(=O)CCC(=O)OCC. The number of esters is 1. The Balaban J connectivity index is 3.58. The largest absolute Gasteiger partial charge is 0.466 e. The Morgan fingerprint density at radius 3 is 2.50 bits per heavy atom. The van der Waals surface area contributed by atoms with Crippen LogP contribution in [-0.4, -0.2) is 18.4 Å². The van der Waals surface area contributed by atoms with Crippen molar-refractivity contribution in [3.8, 4) is 0 Å². The van der Waals surface area contributed by atoms with Gasteiger partial charge < -0.3 is 4.74 Å². The zero-order chi connectivity index (χ0) is 10.8. The van der Waals surface area contributed by atoms with Gasteiger partial charge in [-0.2, -0.15) is 0 Å². The molecule has 0 radical (unpaired) electrons. The summed E-state index contributed by atoms with van der Waals surface area (Å²) in [6, 6.07) is 0. The summed E-state index contributed by atoms with van der Waals surface area (Å²) in [5.41, 5.74) is 0. The molecular formula is C11H18O3. The van der Waals surface area contributed by atoms with Gasteiger partial charge in [-0.15, -0.1) is 0 Å². The van der Waals surface area contributed by atoms with Crippen LogP contribution in [0.3, 0.4) is 0 Å². The van der Waals surface area contributed by atoms with Crippen molar-refractivity contribution in [1.29, 1.82) is 0 Å². The molecule has 0 aliphatic carbocycles. The van der Waals surface area contributed by atoms with Gasteiger partial charge >= 0.3 is 5.97 Å². The van der Waals surface area contributed by atoms with E-state index in [4.69, 9.17) is 4.74 Å². The van der Waals surface area contributed by atoms with Gasteiger partial charge in [-0.3, -0.25) is 9.59 Å². The highest BCUT2D eigenvalue weighted by molar-refractivity contribution is 5.91. The van der Waals surface area contributed by atoms with E-state index < -0.39 is 0 Å². The van der Waals surface area contributed by atoms with Gasteiger partial charge in [-0.1, -0.05) is 19.4 Å². The lowest BCUT2D eigenvalue weighted by atomic mass is 10.2. The fraction of sp³-hybridized carbons (Fsp3) is 0.636. The number of allylic oxidation sites excluding steroid dienone is 2. The van der Waals surface area contributed by atoms with Crippen LogP contribution >= 0.6 is 0 Å². The lowest BCUT2D eigenvalue weighted by Crippen LogP contribution is -2.06. The summed E-state index contributed by atoms with van der Waals surface area (Å²) in [5, 5.41) is 0. The van der Waals surface area contributed by atoms with E-state index in [0.29, 0.717) is 6.61 Å². The molecule has 0 saturated carbocycles. The molecule has 0 rings (SSSR count). The van der Waals surface area contributed by atoms with E-state index in [1.165, 1.54) is 0 Å². The van der Waals surface area contributed by atoms with Gasteiger partial charge in [0.2, 0.25) is 0 Å². The van der Waals surface area contributed by atoms with Crippen LogP contribution in [0.5, 0.6) is 0 Å². The average molecular weight is 198 g/mol. The zero-order valence-corrected chi connectivity index (χ0v) is 8.91. The van der Waals surface area contributed by atoms with Crippen LogP contribution in [0.15, 0.2) is 12.2 Å². The molecular weight excluding hydrogens is 180 g/mol. The molecule has 0 aromatic carbocycles. The van der Waals surface area contributed by atoms with Crippen molar-refractivity contribution in [1.82, 2.24) is 0 Å². The van der Waals surface area contributed by atoms with Crippen LogP contribution < -0.4 is 0 Å². The first kappa shape index (κ1) is 12.9. The number of rotatable bonds is 7. The zero-order valence-electron chi connectivity index (χ0n) is 8.91. The van der Waals surface area contributed by atoms with Crippen molar-refractivity contribution in [3.05, 3.63) is 12.2 Å². The summed E-state index contributed by atoms with van der Waals surface area (Å²) < 4.78 is 4.70. The van der Waals surface area contributed by atoms with Gasteiger partial charge in [0.05, 0.1) is 13.0 Å². The molecule has 80 valence electrons. The van der Waals surface area contributed by atoms with E-state index in [2.05, 4.69) is 0 Å². The van der Waals surface area contributed by atoms with Gasteiger partial charge in [-0.25, -0.2) is 0 Å². The molecule has 0 aliphatic rings. The van der Waals surface area contributed by atoms with Gasteiger partial charge in [0, 0.05) is 6.42 Å². The Bertz CT molecular complexity index is 207. The number of ether oxygens (including phenoxy) is 1. The third-order valence-electron chi connectivity index (χ3n) is 1.64. The van der Waals surface area contributed by atoms with E-state index in [1.54, 1.807) is 13.0 Å². The summed E-state index contributed by atoms with van der Waals surface area (Å²) in [7, 11) is 0. The second-order valence-corrected chi connectivity index (χ2v) is 2.96. The molecule has 14 heavy (non-hydrogen) atoms. The predicted octanol–water partition coefficient (Wildman–Crippen LogP) is 2.26. The van der Waals surface area contributed by atoms with E-state index in [1.807, 2.05) is 13.0 Å². The second-order valence-electron chi connectivity index (χ2n) is 2.96. The Hall–Kier alpha value is -1.12. The van der Waals surface area contributed by atoms with Crippen molar-refractivity contribution < 1.29 is 14.3 Å². The Labute approximate surface area is 85.1 Å². The topological polar surface area (TPSA) is 43.4 Å². The fourth-order valence-corrected chi connectivity index (χ4v) is 0.923. The smallest absolute Gasteiger partial charge is 0.306 e. The minimum Gasteiger partial charge on any atom is -0.466 e. The highest BCUT2D eigenvalue weighted by atomic mass is 16.5. The average Bonchev–Trinajstić information content (AvgIpc) is 2.16. The third kappa shape index (κ3) is 7.53. The third-order valence-corrected chi connectivity index (χ3v) is 1.64. The first-order valence-electron chi connectivity index (χ1n) is 5.05. The van der Waals surface area contributed by atoms with E-state index in [-0.39, 0.29) is 24.6 Å². The lowest BCUT2D eigenvalue weighted by molar-refractivity contribution is -0.144. The number of hydrogen-bond donors (Lipinski definition) is 0. The second kappa shape index (κ2) is 8.48. The van der Waals surface area contributed by atoms with Crippen LogP contribution in [-0.2, 0) is 14.3 Å².